The van der Waals surface area contributed by atoms with Gasteiger partial charge in [-0.05, 0) is 18.2 Å². The molecule has 2 aromatic heterocycles. The van der Waals surface area contributed by atoms with Crippen molar-refractivity contribution in [2.45, 2.75) is 0 Å². The molecule has 0 fully saturated rings. The Hall–Kier alpha value is -3.65. The molecule has 4 aromatic rings. The van der Waals surface area contributed by atoms with E-state index < -0.39 is 0 Å². The molecule has 152 valence electrons. The maximum atomic E-state index is 13.0. The van der Waals surface area contributed by atoms with Crippen molar-refractivity contribution < 1.29 is 14.3 Å². The number of hydrogen-bond donors (Lipinski definition) is 1. The average molecular weight is 420 g/mol. The number of aryl methyl sites for hydroxylation is 1. The number of ether oxygens (including phenoxy) is 2. The first-order chi connectivity index (χ1) is 14.6. The van der Waals surface area contributed by atoms with Gasteiger partial charge in [-0.15, -0.1) is 0 Å². The summed E-state index contributed by atoms with van der Waals surface area (Å²) < 4.78 is 12.5. The molecule has 0 unspecified atom stereocenters. The Labute approximate surface area is 177 Å². The Morgan fingerprint density at radius 2 is 1.90 bits per heavy atom. The quantitative estimate of drug-likeness (QED) is 0.498. The molecule has 0 aliphatic rings. The van der Waals surface area contributed by atoms with Crippen molar-refractivity contribution in [1.29, 1.82) is 0 Å². The fraction of sp³-hybridized carbons (Fsp3) is 0.136. The lowest BCUT2D eigenvalue weighted by Gasteiger charge is -2.09. The number of nitrogens with one attached hydrogen (secondary N) is 1. The van der Waals surface area contributed by atoms with Gasteiger partial charge < -0.3 is 14.0 Å². The van der Waals surface area contributed by atoms with Crippen LogP contribution in [0.3, 0.4) is 0 Å². The van der Waals surface area contributed by atoms with Crippen LogP contribution in [0.2, 0.25) is 0 Å². The van der Waals surface area contributed by atoms with Crippen molar-refractivity contribution >= 4 is 22.4 Å². The maximum absolute atomic E-state index is 13.0. The minimum absolute atomic E-state index is 0.328. The zero-order valence-electron chi connectivity index (χ0n) is 16.7. The topological polar surface area (TPSA) is 78.3 Å². The summed E-state index contributed by atoms with van der Waals surface area (Å²) in [7, 11) is 5.00. The molecule has 7 nitrogen and oxygen atoms in total. The maximum Gasteiger partial charge on any atom is 0.261 e. The van der Waals surface area contributed by atoms with E-state index in [-0.39, 0.29) is 5.91 Å². The molecule has 0 spiro atoms. The monoisotopic (exact) mass is 420 g/mol. The highest BCUT2D eigenvalue weighted by molar-refractivity contribution is 7.19. The van der Waals surface area contributed by atoms with Gasteiger partial charge in [0.25, 0.3) is 5.91 Å². The smallest absolute Gasteiger partial charge is 0.261 e. The molecular formula is C22H20N4O3S. The lowest BCUT2D eigenvalue weighted by Crippen LogP contribution is -2.13. The first-order valence-electron chi connectivity index (χ1n) is 9.18. The highest BCUT2D eigenvalue weighted by Crippen LogP contribution is 2.38. The lowest BCUT2D eigenvalue weighted by molar-refractivity contribution is 0.102. The van der Waals surface area contributed by atoms with E-state index >= 15 is 0 Å². The number of rotatable bonds is 6. The van der Waals surface area contributed by atoms with Gasteiger partial charge >= 0.3 is 0 Å². The molecule has 0 saturated carbocycles. The fourth-order valence-corrected chi connectivity index (χ4v) is 4.08. The summed E-state index contributed by atoms with van der Waals surface area (Å²) in [5.74, 6) is 1.48. The molecule has 1 amide bonds. The van der Waals surface area contributed by atoms with Crippen molar-refractivity contribution in [3.63, 3.8) is 0 Å². The standard InChI is InChI=1S/C22H20N4O3S/c1-26-12-11-23-20(26)19-18(14-7-5-4-6-8-14)24-22(30-19)25-21(27)16-13-15(28-2)9-10-17(16)29-3/h4-13H,1-3H3,(H,24,25,27). The second-order valence-electron chi connectivity index (χ2n) is 6.44. The summed E-state index contributed by atoms with van der Waals surface area (Å²) in [6.45, 7) is 0. The van der Waals surface area contributed by atoms with E-state index in [1.165, 1.54) is 18.4 Å². The van der Waals surface area contributed by atoms with E-state index in [9.17, 15) is 4.79 Å². The molecule has 30 heavy (non-hydrogen) atoms. The largest absolute Gasteiger partial charge is 0.497 e. The number of carbonyl (C=O) groups is 1. The fourth-order valence-electron chi connectivity index (χ4n) is 3.06. The van der Waals surface area contributed by atoms with Crippen LogP contribution in [0.1, 0.15) is 10.4 Å². The summed E-state index contributed by atoms with van der Waals surface area (Å²) in [6.07, 6.45) is 3.62. The van der Waals surface area contributed by atoms with Crippen LogP contribution >= 0.6 is 11.3 Å². The molecule has 1 N–H and O–H groups in total. The van der Waals surface area contributed by atoms with Crippen LogP contribution in [0.5, 0.6) is 11.5 Å². The average Bonchev–Trinajstić information content (AvgIpc) is 3.39. The number of carbonyl (C=O) groups excluding carboxylic acids is 1. The van der Waals surface area contributed by atoms with E-state index in [0.717, 1.165) is 22.0 Å². The SMILES string of the molecule is COc1ccc(OC)c(C(=O)Nc2nc(-c3ccccc3)c(-c3nccn3C)s2)c1. The highest BCUT2D eigenvalue weighted by Gasteiger charge is 2.21. The number of aromatic nitrogens is 3. The van der Waals surface area contributed by atoms with Gasteiger partial charge in [0.2, 0.25) is 0 Å². The summed E-state index contributed by atoms with van der Waals surface area (Å²) in [5.41, 5.74) is 2.08. The minimum Gasteiger partial charge on any atom is -0.497 e. The van der Waals surface area contributed by atoms with Crippen LogP contribution in [0.25, 0.3) is 22.0 Å². The summed E-state index contributed by atoms with van der Waals surface area (Å²) in [6, 6.07) is 14.9. The third-order valence-electron chi connectivity index (χ3n) is 4.57. The molecular weight excluding hydrogens is 400 g/mol. The second kappa shape index (κ2) is 8.38. The zero-order chi connectivity index (χ0) is 21.1. The molecule has 0 aliphatic heterocycles. The van der Waals surface area contributed by atoms with Crippen LogP contribution in [0, 0.1) is 0 Å². The highest BCUT2D eigenvalue weighted by atomic mass is 32.1. The van der Waals surface area contributed by atoms with Crippen molar-refractivity contribution in [1.82, 2.24) is 14.5 Å². The third kappa shape index (κ3) is 3.77. The number of nitrogens with zero attached hydrogens (tertiary/aromatic N) is 3. The van der Waals surface area contributed by atoms with Crippen molar-refractivity contribution in [3.05, 3.63) is 66.5 Å². The number of amides is 1. The van der Waals surface area contributed by atoms with Gasteiger partial charge in [-0.2, -0.15) is 0 Å². The molecule has 0 atom stereocenters. The van der Waals surface area contributed by atoms with E-state index in [4.69, 9.17) is 14.5 Å². The Morgan fingerprint density at radius 1 is 1.10 bits per heavy atom. The second-order valence-corrected chi connectivity index (χ2v) is 7.44. The number of imidazole rings is 1. The number of anilines is 1. The first-order valence-corrected chi connectivity index (χ1v) is 9.99. The molecule has 2 aromatic carbocycles. The van der Waals surface area contributed by atoms with E-state index in [0.29, 0.717) is 22.2 Å². The minimum atomic E-state index is -0.328. The molecule has 0 radical (unpaired) electrons. The Morgan fingerprint density at radius 3 is 2.57 bits per heavy atom. The van der Waals surface area contributed by atoms with E-state index in [1.54, 1.807) is 31.5 Å². The summed E-state index contributed by atoms with van der Waals surface area (Å²) in [4.78, 5) is 23.0. The Balaban J connectivity index is 1.73. The Kier molecular flexibility index (Phi) is 5.49. The summed E-state index contributed by atoms with van der Waals surface area (Å²) >= 11 is 1.37. The molecule has 0 saturated heterocycles. The van der Waals surface area contributed by atoms with Gasteiger partial charge in [-0.3, -0.25) is 10.1 Å². The van der Waals surface area contributed by atoms with Gasteiger partial charge in [0.15, 0.2) is 11.0 Å². The lowest BCUT2D eigenvalue weighted by atomic mass is 10.1. The molecule has 2 heterocycles. The Bertz CT molecular complexity index is 1180. The van der Waals surface area contributed by atoms with Crippen molar-refractivity contribution in [3.8, 4) is 33.5 Å². The molecule has 4 rings (SSSR count). The van der Waals surface area contributed by atoms with E-state index in [2.05, 4.69) is 10.3 Å². The van der Waals surface area contributed by atoms with Crippen LogP contribution in [-0.4, -0.2) is 34.7 Å². The first kappa shape index (κ1) is 19.7. The third-order valence-corrected chi connectivity index (χ3v) is 5.54. The number of hydrogen-bond acceptors (Lipinski definition) is 6. The molecule has 0 aliphatic carbocycles. The van der Waals surface area contributed by atoms with E-state index in [1.807, 2.05) is 48.1 Å². The van der Waals surface area contributed by atoms with Crippen LogP contribution in [0.15, 0.2) is 60.9 Å². The van der Waals surface area contributed by atoms with Crippen LogP contribution in [-0.2, 0) is 7.05 Å². The van der Waals surface area contributed by atoms with Gasteiger partial charge in [0.1, 0.15) is 11.5 Å². The van der Waals surface area contributed by atoms with Crippen molar-refractivity contribution in [2.75, 3.05) is 19.5 Å². The predicted octanol–water partition coefficient (Wildman–Crippen LogP) is 4.48. The van der Waals surface area contributed by atoms with Gasteiger partial charge in [0, 0.05) is 25.0 Å². The van der Waals surface area contributed by atoms with Gasteiger partial charge in [-0.25, -0.2) is 9.97 Å². The normalized spacial score (nSPS) is 10.6. The number of thiazole rings is 1. The number of benzene rings is 2. The van der Waals surface area contributed by atoms with Gasteiger partial charge in [0.05, 0.1) is 30.4 Å². The van der Waals surface area contributed by atoms with Crippen molar-refractivity contribution in [2.24, 2.45) is 7.05 Å². The van der Waals surface area contributed by atoms with Crippen LogP contribution in [0.4, 0.5) is 5.13 Å². The number of methoxy groups -OCH3 is 2. The van der Waals surface area contributed by atoms with Gasteiger partial charge in [-0.1, -0.05) is 41.7 Å². The zero-order valence-corrected chi connectivity index (χ0v) is 17.6. The molecule has 0 bridgehead atoms. The summed E-state index contributed by atoms with van der Waals surface area (Å²) in [5, 5.41) is 3.37. The predicted molar refractivity (Wildman–Crippen MR) is 117 cm³/mol. The van der Waals surface area contributed by atoms with Crippen LogP contribution < -0.4 is 14.8 Å². The molecule has 8 heteroatoms.